The van der Waals surface area contributed by atoms with Gasteiger partial charge in [-0.2, -0.15) is 0 Å². The topological polar surface area (TPSA) is 74.2 Å². The highest BCUT2D eigenvalue weighted by Crippen LogP contribution is 2.31. The van der Waals surface area contributed by atoms with Crippen LogP contribution in [0.15, 0.2) is 4.99 Å². The third-order valence-electron chi connectivity index (χ3n) is 5.38. The third kappa shape index (κ3) is 7.58. The van der Waals surface area contributed by atoms with E-state index in [9.17, 15) is 9.90 Å². The van der Waals surface area contributed by atoms with Gasteiger partial charge in [-0.05, 0) is 51.4 Å². The summed E-state index contributed by atoms with van der Waals surface area (Å²) >= 11 is 0. The normalized spacial score (nSPS) is 18.3. The van der Waals surface area contributed by atoms with Gasteiger partial charge in [0.2, 0.25) is 0 Å². The zero-order chi connectivity index (χ0) is 18.7. The fraction of sp³-hybridized carbons (Fsp3) is 0.895. The maximum atomic E-state index is 12.1. The molecule has 0 saturated carbocycles. The minimum Gasteiger partial charge on any atom is -0.466 e. The van der Waals surface area contributed by atoms with Crippen molar-refractivity contribution >= 4 is 35.9 Å². The standard InChI is InChI=1S/C19H37N3O3.HI/c1-5-19(6-2,11-13-23)15-21-18(20-7-3)22-12-9-10-16(14-22)17(24)25-8-4;/h16,23H,5-15H2,1-4H3,(H,20,21);1H. The van der Waals surface area contributed by atoms with Crippen molar-refractivity contribution < 1.29 is 14.6 Å². The van der Waals surface area contributed by atoms with E-state index < -0.39 is 0 Å². The van der Waals surface area contributed by atoms with E-state index in [0.717, 1.165) is 51.2 Å². The Hall–Kier alpha value is -0.570. The van der Waals surface area contributed by atoms with Gasteiger partial charge in [-0.25, -0.2) is 0 Å². The Balaban J connectivity index is 0.00000625. The number of hydrogen-bond acceptors (Lipinski definition) is 4. The Morgan fingerprint density at radius 3 is 2.54 bits per heavy atom. The molecule has 26 heavy (non-hydrogen) atoms. The molecule has 1 aliphatic heterocycles. The zero-order valence-corrected chi connectivity index (χ0v) is 19.3. The smallest absolute Gasteiger partial charge is 0.310 e. The second-order valence-corrected chi connectivity index (χ2v) is 6.89. The number of esters is 1. The van der Waals surface area contributed by atoms with Crippen molar-refractivity contribution in [2.45, 2.75) is 59.8 Å². The summed E-state index contributed by atoms with van der Waals surface area (Å²) in [4.78, 5) is 19.1. The molecule has 0 aromatic rings. The molecule has 1 saturated heterocycles. The lowest BCUT2D eigenvalue weighted by Crippen LogP contribution is -2.48. The number of likely N-dealkylation sites (tertiary alicyclic amines) is 1. The minimum atomic E-state index is -0.0974. The van der Waals surface area contributed by atoms with Crippen LogP contribution in [-0.4, -0.2) is 61.3 Å². The van der Waals surface area contributed by atoms with Crippen molar-refractivity contribution in [2.75, 3.05) is 39.4 Å². The van der Waals surface area contributed by atoms with E-state index in [1.165, 1.54) is 0 Å². The fourth-order valence-electron chi connectivity index (χ4n) is 3.43. The fourth-order valence-corrected chi connectivity index (χ4v) is 3.43. The van der Waals surface area contributed by atoms with Crippen LogP contribution in [0.4, 0.5) is 0 Å². The number of rotatable bonds is 9. The van der Waals surface area contributed by atoms with E-state index in [2.05, 4.69) is 31.0 Å². The van der Waals surface area contributed by atoms with E-state index in [1.54, 1.807) is 0 Å². The number of hydrogen-bond donors (Lipinski definition) is 2. The number of aliphatic hydroxyl groups is 1. The molecule has 7 heteroatoms. The second kappa shape index (κ2) is 13.6. The molecule has 2 N–H and O–H groups in total. The predicted molar refractivity (Wildman–Crippen MR) is 117 cm³/mol. The molecule has 0 radical (unpaired) electrons. The van der Waals surface area contributed by atoms with Gasteiger partial charge in [0.05, 0.1) is 12.5 Å². The summed E-state index contributed by atoms with van der Waals surface area (Å²) in [5.74, 6) is 0.706. The van der Waals surface area contributed by atoms with Crippen LogP contribution in [0.2, 0.25) is 0 Å². The molecule has 0 aromatic carbocycles. The van der Waals surface area contributed by atoms with Crippen molar-refractivity contribution in [3.63, 3.8) is 0 Å². The minimum absolute atomic E-state index is 0. The van der Waals surface area contributed by atoms with Gasteiger partial charge in [0.15, 0.2) is 5.96 Å². The molecule has 6 nitrogen and oxygen atoms in total. The Morgan fingerprint density at radius 2 is 2.00 bits per heavy atom. The lowest BCUT2D eigenvalue weighted by atomic mass is 9.79. The summed E-state index contributed by atoms with van der Waals surface area (Å²) in [6.07, 6.45) is 4.62. The first-order valence-electron chi connectivity index (χ1n) is 9.86. The number of nitrogens with zero attached hydrogens (tertiary/aromatic N) is 2. The molecule has 0 bridgehead atoms. The van der Waals surface area contributed by atoms with Gasteiger partial charge in [0, 0.05) is 32.8 Å². The molecule has 1 unspecified atom stereocenters. The summed E-state index contributed by atoms with van der Waals surface area (Å²) in [5.41, 5.74) is 0.0474. The molecule has 0 amide bonds. The molecule has 0 aromatic heterocycles. The van der Waals surface area contributed by atoms with Gasteiger partial charge >= 0.3 is 5.97 Å². The van der Waals surface area contributed by atoms with Gasteiger partial charge in [0.1, 0.15) is 0 Å². The Bertz CT molecular complexity index is 428. The van der Waals surface area contributed by atoms with Crippen LogP contribution in [0.3, 0.4) is 0 Å². The summed E-state index contributed by atoms with van der Waals surface area (Å²) in [6, 6.07) is 0. The van der Waals surface area contributed by atoms with E-state index in [-0.39, 0.29) is 47.9 Å². The first-order valence-corrected chi connectivity index (χ1v) is 9.86. The average Bonchev–Trinajstić information content (AvgIpc) is 2.64. The number of aliphatic hydroxyl groups excluding tert-OH is 1. The molecule has 0 spiro atoms. The van der Waals surface area contributed by atoms with E-state index in [1.807, 2.05) is 6.92 Å². The first kappa shape index (κ1) is 25.4. The third-order valence-corrected chi connectivity index (χ3v) is 5.38. The number of ether oxygens (including phenoxy) is 1. The van der Waals surface area contributed by atoms with E-state index >= 15 is 0 Å². The monoisotopic (exact) mass is 483 g/mol. The number of guanidine groups is 1. The van der Waals surface area contributed by atoms with Crippen molar-refractivity contribution in [3.8, 4) is 0 Å². The summed E-state index contributed by atoms with van der Waals surface area (Å²) in [5, 5.41) is 12.8. The number of piperidine rings is 1. The number of aliphatic imine (C=N–C) groups is 1. The van der Waals surface area contributed by atoms with Crippen LogP contribution >= 0.6 is 24.0 Å². The maximum absolute atomic E-state index is 12.1. The van der Waals surface area contributed by atoms with Gasteiger partial charge in [-0.1, -0.05) is 13.8 Å². The molecule has 1 fully saturated rings. The maximum Gasteiger partial charge on any atom is 0.310 e. The average molecular weight is 483 g/mol. The summed E-state index contributed by atoms with van der Waals surface area (Å²) < 4.78 is 5.20. The Labute approximate surface area is 176 Å². The highest BCUT2D eigenvalue weighted by molar-refractivity contribution is 14.0. The largest absolute Gasteiger partial charge is 0.466 e. The van der Waals surface area contributed by atoms with Crippen LogP contribution in [0.25, 0.3) is 0 Å². The lowest BCUT2D eigenvalue weighted by molar-refractivity contribution is -0.149. The number of carbonyl (C=O) groups excluding carboxylic acids is 1. The van der Waals surface area contributed by atoms with Gasteiger partial charge in [-0.15, -0.1) is 24.0 Å². The molecule has 1 rings (SSSR count). The van der Waals surface area contributed by atoms with Crippen LogP contribution in [0.1, 0.15) is 59.8 Å². The van der Waals surface area contributed by atoms with Crippen LogP contribution < -0.4 is 5.32 Å². The Morgan fingerprint density at radius 1 is 1.31 bits per heavy atom. The highest BCUT2D eigenvalue weighted by atomic mass is 127. The van der Waals surface area contributed by atoms with Gasteiger partial charge < -0.3 is 20.1 Å². The first-order chi connectivity index (χ1) is 12.1. The SMILES string of the molecule is CCNC(=NCC(CC)(CC)CCO)N1CCCC(C(=O)OCC)C1.I. The predicted octanol–water partition coefficient (Wildman–Crippen LogP) is 3.03. The molecular weight excluding hydrogens is 445 g/mol. The Kier molecular flexibility index (Phi) is 13.3. The van der Waals surface area contributed by atoms with Crippen molar-refractivity contribution in [1.82, 2.24) is 10.2 Å². The second-order valence-electron chi connectivity index (χ2n) is 6.89. The molecule has 154 valence electrons. The molecule has 0 aliphatic carbocycles. The van der Waals surface area contributed by atoms with Crippen molar-refractivity contribution in [3.05, 3.63) is 0 Å². The number of nitrogens with one attached hydrogen (secondary N) is 1. The van der Waals surface area contributed by atoms with Crippen molar-refractivity contribution in [2.24, 2.45) is 16.3 Å². The molecule has 1 aliphatic rings. The summed E-state index contributed by atoms with van der Waals surface area (Å²) in [7, 11) is 0. The van der Waals surface area contributed by atoms with Gasteiger partial charge in [-0.3, -0.25) is 9.79 Å². The van der Waals surface area contributed by atoms with Crippen LogP contribution in [0, 0.1) is 11.3 Å². The highest BCUT2D eigenvalue weighted by Gasteiger charge is 2.30. The van der Waals surface area contributed by atoms with Crippen molar-refractivity contribution in [1.29, 1.82) is 0 Å². The number of halogens is 1. The molecule has 1 heterocycles. The van der Waals surface area contributed by atoms with E-state index in [4.69, 9.17) is 9.73 Å². The zero-order valence-electron chi connectivity index (χ0n) is 16.9. The van der Waals surface area contributed by atoms with Crippen LogP contribution in [0.5, 0.6) is 0 Å². The molecule has 1 atom stereocenters. The van der Waals surface area contributed by atoms with Gasteiger partial charge in [0.25, 0.3) is 0 Å². The quantitative estimate of drug-likeness (QED) is 0.228. The lowest BCUT2D eigenvalue weighted by Gasteiger charge is -2.35. The van der Waals surface area contributed by atoms with E-state index in [0.29, 0.717) is 19.7 Å². The van der Waals surface area contributed by atoms with Crippen LogP contribution in [-0.2, 0) is 9.53 Å². The summed E-state index contributed by atoms with van der Waals surface area (Å²) in [6.45, 7) is 11.9. The molecular formula is C19H38IN3O3. The number of carbonyl (C=O) groups is 1.